The number of aryl methyl sites for hydroxylation is 1. The first-order chi connectivity index (χ1) is 14.4. The molecule has 2 aliphatic heterocycles. The van der Waals surface area contributed by atoms with Gasteiger partial charge in [-0.3, -0.25) is 9.59 Å². The summed E-state index contributed by atoms with van der Waals surface area (Å²) < 4.78 is 29.1. The van der Waals surface area contributed by atoms with E-state index in [1.165, 1.54) is 14.0 Å². The number of benzene rings is 1. The molecule has 1 saturated heterocycles. The second kappa shape index (κ2) is 7.59. The molecule has 8 heteroatoms. The van der Waals surface area contributed by atoms with Crippen molar-refractivity contribution in [3.8, 4) is 17.2 Å². The van der Waals surface area contributed by atoms with Gasteiger partial charge in [0.25, 0.3) is 0 Å². The van der Waals surface area contributed by atoms with E-state index in [0.717, 1.165) is 16.7 Å². The van der Waals surface area contributed by atoms with Crippen LogP contribution >= 0.6 is 0 Å². The number of hydrogen-bond acceptors (Lipinski definition) is 7. The van der Waals surface area contributed by atoms with Crippen LogP contribution in [0.3, 0.4) is 0 Å². The second-order valence-corrected chi connectivity index (χ2v) is 7.79. The van der Waals surface area contributed by atoms with E-state index in [9.17, 15) is 9.59 Å². The Balaban J connectivity index is 2.01. The maximum absolute atomic E-state index is 12.9. The quantitative estimate of drug-likeness (QED) is 0.779. The number of hydrogen-bond donors (Lipinski definition) is 1. The summed E-state index contributed by atoms with van der Waals surface area (Å²) in [6, 6.07) is 1.47. The molecule has 8 nitrogen and oxygen atoms in total. The number of Topliss-reactive ketones (excluding diaryl/α,β-unsaturated/α-hetero) is 1. The molecule has 0 saturated carbocycles. The fraction of sp³-hybridized carbons (Fsp3) is 0.545. The van der Waals surface area contributed by atoms with E-state index >= 15 is 0 Å². The maximum atomic E-state index is 12.9. The predicted octanol–water partition coefficient (Wildman–Crippen LogP) is 1.67. The highest BCUT2D eigenvalue weighted by Crippen LogP contribution is 2.56. The Morgan fingerprint density at radius 3 is 2.50 bits per heavy atom. The van der Waals surface area contributed by atoms with Gasteiger partial charge in [-0.15, -0.1) is 0 Å². The highest BCUT2D eigenvalue weighted by molar-refractivity contribution is 5.96. The van der Waals surface area contributed by atoms with E-state index in [0.29, 0.717) is 30.1 Å². The van der Waals surface area contributed by atoms with E-state index < -0.39 is 17.7 Å². The van der Waals surface area contributed by atoms with Gasteiger partial charge in [-0.25, -0.2) is 0 Å². The minimum absolute atomic E-state index is 0.0433. The van der Waals surface area contributed by atoms with Crippen LogP contribution in [0.25, 0.3) is 5.57 Å². The number of methoxy groups -OCH3 is 4. The molecule has 1 spiro atoms. The SMILES string of the molecule is COc1cc2c(c(OC)c1OC)C1=C[C@H]3CC(=O)[C@H](OC)[C@@]1(O3)[C@@H](NC(C)=O)CC2. The fourth-order valence-corrected chi connectivity index (χ4v) is 5.19. The van der Waals surface area contributed by atoms with Gasteiger partial charge in [0, 0.05) is 26.0 Å². The first-order valence-corrected chi connectivity index (χ1v) is 9.96. The largest absolute Gasteiger partial charge is 0.493 e. The molecule has 0 unspecified atom stereocenters. The Kier molecular flexibility index (Phi) is 5.23. The number of rotatable bonds is 5. The Morgan fingerprint density at radius 2 is 1.90 bits per heavy atom. The summed E-state index contributed by atoms with van der Waals surface area (Å²) in [5, 5.41) is 3.01. The smallest absolute Gasteiger partial charge is 0.217 e. The molecule has 3 aliphatic rings. The van der Waals surface area contributed by atoms with Crippen molar-refractivity contribution in [1.29, 1.82) is 0 Å². The predicted molar refractivity (Wildman–Crippen MR) is 108 cm³/mol. The highest BCUT2D eigenvalue weighted by Gasteiger charge is 2.62. The van der Waals surface area contributed by atoms with Crippen LogP contribution in [0, 0.1) is 0 Å². The summed E-state index contributed by atoms with van der Waals surface area (Å²) in [4.78, 5) is 25.0. The molecule has 1 N–H and O–H groups in total. The molecule has 1 aliphatic carbocycles. The van der Waals surface area contributed by atoms with Crippen LogP contribution < -0.4 is 19.5 Å². The molecule has 4 rings (SSSR count). The number of ether oxygens (including phenoxy) is 5. The van der Waals surface area contributed by atoms with Gasteiger partial charge in [0.05, 0.1) is 33.5 Å². The lowest BCUT2D eigenvalue weighted by atomic mass is 9.77. The number of ketones is 1. The van der Waals surface area contributed by atoms with Crippen LogP contribution in [-0.4, -0.2) is 64.0 Å². The molecule has 1 amide bonds. The number of carbonyl (C=O) groups is 2. The molecule has 4 atom stereocenters. The van der Waals surface area contributed by atoms with Crippen molar-refractivity contribution in [2.24, 2.45) is 0 Å². The van der Waals surface area contributed by atoms with Crippen LogP contribution in [0.1, 0.15) is 30.9 Å². The van der Waals surface area contributed by atoms with Crippen LogP contribution in [0.4, 0.5) is 0 Å². The topological polar surface area (TPSA) is 92.3 Å². The van der Waals surface area contributed by atoms with Gasteiger partial charge < -0.3 is 29.0 Å². The van der Waals surface area contributed by atoms with Gasteiger partial charge in [-0.2, -0.15) is 0 Å². The number of nitrogens with one attached hydrogen (secondary N) is 1. The van der Waals surface area contributed by atoms with Crippen LogP contribution in [0.2, 0.25) is 0 Å². The average Bonchev–Trinajstić information content (AvgIpc) is 2.97. The molecule has 1 aromatic carbocycles. The van der Waals surface area contributed by atoms with Gasteiger partial charge >= 0.3 is 0 Å². The zero-order valence-electron chi connectivity index (χ0n) is 17.9. The van der Waals surface area contributed by atoms with Crippen molar-refractivity contribution < 1.29 is 33.3 Å². The van der Waals surface area contributed by atoms with Crippen molar-refractivity contribution in [2.45, 2.75) is 50.0 Å². The molecule has 1 aromatic rings. The zero-order valence-corrected chi connectivity index (χ0v) is 17.9. The van der Waals surface area contributed by atoms with E-state index in [1.807, 2.05) is 12.1 Å². The third-order valence-corrected chi connectivity index (χ3v) is 6.22. The monoisotopic (exact) mass is 417 g/mol. The molecule has 2 heterocycles. The Hall–Kier alpha value is -2.58. The molecule has 0 radical (unpaired) electrons. The fourth-order valence-electron chi connectivity index (χ4n) is 5.19. The Bertz CT molecular complexity index is 925. The number of fused-ring (bicyclic) bond motifs is 3. The summed E-state index contributed by atoms with van der Waals surface area (Å²) in [5.41, 5.74) is 1.43. The van der Waals surface area contributed by atoms with Gasteiger partial charge in [0.15, 0.2) is 23.4 Å². The van der Waals surface area contributed by atoms with E-state index in [-0.39, 0.29) is 24.2 Å². The lowest BCUT2D eigenvalue weighted by Gasteiger charge is -2.45. The zero-order chi connectivity index (χ0) is 21.6. The summed E-state index contributed by atoms with van der Waals surface area (Å²) in [6.45, 7) is 1.46. The van der Waals surface area contributed by atoms with E-state index in [1.54, 1.807) is 21.3 Å². The lowest BCUT2D eigenvalue weighted by molar-refractivity contribution is -0.175. The number of amides is 1. The van der Waals surface area contributed by atoms with Crippen LogP contribution in [0.15, 0.2) is 12.1 Å². The van der Waals surface area contributed by atoms with Crippen LogP contribution in [0.5, 0.6) is 17.2 Å². The van der Waals surface area contributed by atoms with E-state index in [2.05, 4.69) is 5.32 Å². The minimum Gasteiger partial charge on any atom is -0.493 e. The average molecular weight is 417 g/mol. The third-order valence-electron chi connectivity index (χ3n) is 6.22. The molecule has 0 aromatic heterocycles. The van der Waals surface area contributed by atoms with Crippen molar-refractivity contribution in [3.05, 3.63) is 23.3 Å². The summed E-state index contributed by atoms with van der Waals surface area (Å²) in [7, 11) is 6.20. The lowest BCUT2D eigenvalue weighted by Crippen LogP contribution is -2.64. The number of carbonyl (C=O) groups excluding carboxylic acids is 2. The highest BCUT2D eigenvalue weighted by atomic mass is 16.6. The normalized spacial score (nSPS) is 29.3. The molecule has 30 heavy (non-hydrogen) atoms. The molecule has 2 bridgehead atoms. The van der Waals surface area contributed by atoms with Crippen molar-refractivity contribution in [1.82, 2.24) is 5.32 Å². The van der Waals surface area contributed by atoms with E-state index in [4.69, 9.17) is 23.7 Å². The molecular formula is C22H27NO7. The van der Waals surface area contributed by atoms with Gasteiger partial charge in [-0.05, 0) is 36.1 Å². The first kappa shape index (κ1) is 20.7. The standard InChI is InChI=1S/C22H27NO7/c1-11(24)23-17-7-6-12-8-16(26-2)19(27-3)20(28-4)18(12)14-9-13-10-15(25)21(29-5)22(14,17)30-13/h8-9,13,17,21H,6-7,10H2,1-5H3,(H,23,24)/t13-,17-,21-,22-/m0/s1. The third kappa shape index (κ3) is 2.81. The summed E-state index contributed by atoms with van der Waals surface area (Å²) in [6.07, 6.45) is 2.13. The van der Waals surface area contributed by atoms with Gasteiger partial charge in [0.2, 0.25) is 11.7 Å². The maximum Gasteiger partial charge on any atom is 0.217 e. The second-order valence-electron chi connectivity index (χ2n) is 7.79. The van der Waals surface area contributed by atoms with Crippen LogP contribution in [-0.2, 0) is 25.5 Å². The summed E-state index contributed by atoms with van der Waals surface area (Å²) in [5.74, 6) is 1.30. The molecular weight excluding hydrogens is 390 g/mol. The van der Waals surface area contributed by atoms with Gasteiger partial charge in [0.1, 0.15) is 5.60 Å². The molecule has 1 fully saturated rings. The molecule has 162 valence electrons. The minimum atomic E-state index is -1.14. The summed E-state index contributed by atoms with van der Waals surface area (Å²) >= 11 is 0. The first-order valence-electron chi connectivity index (χ1n) is 9.96. The van der Waals surface area contributed by atoms with Crippen molar-refractivity contribution in [3.63, 3.8) is 0 Å². The Labute approximate surface area is 175 Å². The van der Waals surface area contributed by atoms with Gasteiger partial charge in [-0.1, -0.05) is 0 Å². The Morgan fingerprint density at radius 1 is 1.17 bits per heavy atom. The van der Waals surface area contributed by atoms with Crippen molar-refractivity contribution >= 4 is 17.3 Å². The van der Waals surface area contributed by atoms with Crippen molar-refractivity contribution in [2.75, 3.05) is 28.4 Å².